The molecule has 0 saturated heterocycles. The van der Waals surface area contributed by atoms with E-state index in [1.165, 1.54) is 6.42 Å². The van der Waals surface area contributed by atoms with Crippen LogP contribution < -0.4 is 9.47 Å². The molecule has 2 atom stereocenters. The van der Waals surface area contributed by atoms with Gasteiger partial charge in [0.25, 0.3) is 0 Å². The maximum Gasteiger partial charge on any atom is 0.217 e. The van der Waals surface area contributed by atoms with Gasteiger partial charge in [-0.05, 0) is 44.2 Å². The summed E-state index contributed by atoms with van der Waals surface area (Å²) in [5.74, 6) is 2.13. The van der Waals surface area contributed by atoms with E-state index >= 15 is 0 Å². The van der Waals surface area contributed by atoms with Gasteiger partial charge in [-0.2, -0.15) is 0 Å². The largest absolute Gasteiger partial charge is 0.490 e. The summed E-state index contributed by atoms with van der Waals surface area (Å²) in [4.78, 5) is 4.48. The van der Waals surface area contributed by atoms with Crippen LogP contribution in [0.15, 0.2) is 24.3 Å². The Morgan fingerprint density at radius 2 is 2.19 bits per heavy atom. The van der Waals surface area contributed by atoms with Crippen LogP contribution in [-0.4, -0.2) is 17.7 Å². The van der Waals surface area contributed by atoms with Crippen molar-refractivity contribution in [2.24, 2.45) is 5.92 Å². The minimum atomic E-state index is 0.277. The number of fused-ring (bicyclic) bond motifs is 1. The summed E-state index contributed by atoms with van der Waals surface area (Å²) in [6.45, 7) is 4.79. The Balaban J connectivity index is 2.00. The first kappa shape index (κ1) is 14.5. The highest BCUT2D eigenvalue weighted by Crippen LogP contribution is 2.36. The van der Waals surface area contributed by atoms with Gasteiger partial charge in [-0.1, -0.05) is 24.6 Å². The van der Waals surface area contributed by atoms with Crippen LogP contribution in [-0.2, 0) is 0 Å². The average molecular weight is 306 g/mol. The highest BCUT2D eigenvalue weighted by atomic mass is 35.5. The van der Waals surface area contributed by atoms with Crippen LogP contribution in [0, 0.1) is 5.92 Å². The molecule has 4 heteroatoms. The molecule has 0 bridgehead atoms. The number of benzene rings is 1. The fourth-order valence-corrected chi connectivity index (χ4v) is 3.14. The molecule has 21 heavy (non-hydrogen) atoms. The van der Waals surface area contributed by atoms with Crippen LogP contribution in [0.3, 0.4) is 0 Å². The van der Waals surface area contributed by atoms with E-state index in [0.29, 0.717) is 17.5 Å². The normalized spacial score (nSPS) is 21.7. The average Bonchev–Trinajstić information content (AvgIpc) is 2.86. The summed E-state index contributed by atoms with van der Waals surface area (Å²) < 4.78 is 11.8. The third-order valence-electron chi connectivity index (χ3n) is 3.96. The molecule has 1 aliphatic carbocycles. The number of ether oxygens (including phenoxy) is 2. The van der Waals surface area contributed by atoms with E-state index in [2.05, 4.69) is 11.9 Å². The van der Waals surface area contributed by atoms with Crippen molar-refractivity contribution in [2.75, 3.05) is 6.61 Å². The molecule has 0 spiro atoms. The lowest BCUT2D eigenvalue weighted by Crippen LogP contribution is -2.12. The van der Waals surface area contributed by atoms with Crippen LogP contribution >= 0.6 is 11.6 Å². The van der Waals surface area contributed by atoms with Crippen molar-refractivity contribution in [2.45, 2.75) is 39.2 Å². The first-order valence-corrected chi connectivity index (χ1v) is 7.94. The van der Waals surface area contributed by atoms with Crippen LogP contribution in [0.4, 0.5) is 0 Å². The number of nitrogens with zero attached hydrogens (tertiary/aromatic N) is 1. The van der Waals surface area contributed by atoms with Crippen LogP contribution in [0.1, 0.15) is 33.1 Å². The number of aromatic nitrogens is 1. The number of hydrogen-bond acceptors (Lipinski definition) is 3. The molecular formula is C17H20ClNO2. The topological polar surface area (TPSA) is 31.4 Å². The SMILES string of the molecule is CCOc1cc(O[C@H]2CC[C@H](C)C2)c2cccc(Cl)c2n1. The number of para-hydroxylation sites is 1. The predicted octanol–water partition coefficient (Wildman–Crippen LogP) is 4.85. The third-order valence-corrected chi connectivity index (χ3v) is 4.27. The van der Waals surface area contributed by atoms with Crippen molar-refractivity contribution in [3.8, 4) is 11.6 Å². The molecule has 1 heterocycles. The van der Waals surface area contributed by atoms with Crippen molar-refractivity contribution >= 4 is 22.5 Å². The maximum atomic E-state index is 6.27. The Labute approximate surface area is 130 Å². The first-order valence-electron chi connectivity index (χ1n) is 7.56. The summed E-state index contributed by atoms with van der Waals surface area (Å²) in [5, 5.41) is 1.57. The molecule has 0 radical (unpaired) electrons. The van der Waals surface area contributed by atoms with Gasteiger partial charge in [0, 0.05) is 11.5 Å². The van der Waals surface area contributed by atoms with E-state index in [1.807, 2.05) is 31.2 Å². The Morgan fingerprint density at radius 3 is 2.90 bits per heavy atom. The predicted molar refractivity (Wildman–Crippen MR) is 85.4 cm³/mol. The van der Waals surface area contributed by atoms with E-state index in [-0.39, 0.29) is 6.10 Å². The van der Waals surface area contributed by atoms with Gasteiger partial charge in [-0.15, -0.1) is 0 Å². The zero-order valence-electron chi connectivity index (χ0n) is 12.4. The highest BCUT2D eigenvalue weighted by molar-refractivity contribution is 6.35. The lowest BCUT2D eigenvalue weighted by Gasteiger charge is -2.16. The van der Waals surface area contributed by atoms with E-state index in [0.717, 1.165) is 35.4 Å². The molecular weight excluding hydrogens is 286 g/mol. The molecule has 1 saturated carbocycles. The Morgan fingerprint density at radius 1 is 1.33 bits per heavy atom. The van der Waals surface area contributed by atoms with Crippen molar-refractivity contribution in [3.63, 3.8) is 0 Å². The Bertz CT molecular complexity index is 644. The molecule has 1 fully saturated rings. The lowest BCUT2D eigenvalue weighted by molar-refractivity contribution is 0.206. The smallest absolute Gasteiger partial charge is 0.217 e. The summed E-state index contributed by atoms with van der Waals surface area (Å²) in [6, 6.07) is 7.65. The molecule has 0 N–H and O–H groups in total. The minimum absolute atomic E-state index is 0.277. The van der Waals surface area contributed by atoms with Crippen molar-refractivity contribution in [1.29, 1.82) is 0 Å². The van der Waals surface area contributed by atoms with E-state index in [1.54, 1.807) is 0 Å². The fourth-order valence-electron chi connectivity index (χ4n) is 2.92. The zero-order valence-corrected chi connectivity index (χ0v) is 13.2. The second-order valence-corrected chi connectivity index (χ2v) is 6.09. The summed E-state index contributed by atoms with van der Waals surface area (Å²) in [5.41, 5.74) is 0.742. The number of hydrogen-bond donors (Lipinski definition) is 0. The first-order chi connectivity index (χ1) is 10.2. The molecule has 1 aliphatic rings. The van der Waals surface area contributed by atoms with Gasteiger partial charge < -0.3 is 9.47 Å². The van der Waals surface area contributed by atoms with E-state index in [4.69, 9.17) is 21.1 Å². The molecule has 112 valence electrons. The molecule has 1 aromatic heterocycles. The van der Waals surface area contributed by atoms with Gasteiger partial charge in [-0.3, -0.25) is 0 Å². The van der Waals surface area contributed by atoms with Crippen molar-refractivity contribution < 1.29 is 9.47 Å². The molecule has 3 nitrogen and oxygen atoms in total. The van der Waals surface area contributed by atoms with Crippen LogP contribution in [0.5, 0.6) is 11.6 Å². The summed E-state index contributed by atoms with van der Waals surface area (Å²) in [7, 11) is 0. The van der Waals surface area contributed by atoms with Crippen molar-refractivity contribution in [3.05, 3.63) is 29.3 Å². The minimum Gasteiger partial charge on any atom is -0.490 e. The standard InChI is InChI=1S/C17H20ClNO2/c1-3-20-16-10-15(21-12-8-7-11(2)9-12)13-5-4-6-14(18)17(13)19-16/h4-6,10-12H,3,7-9H2,1-2H3/t11-,12-/m0/s1. The van der Waals surface area contributed by atoms with Crippen molar-refractivity contribution in [1.82, 2.24) is 4.98 Å². The van der Waals surface area contributed by atoms with Gasteiger partial charge in [0.2, 0.25) is 5.88 Å². The number of halogens is 1. The summed E-state index contributed by atoms with van der Waals surface area (Å²) in [6.07, 6.45) is 3.72. The van der Waals surface area contributed by atoms with Crippen LogP contribution in [0.2, 0.25) is 5.02 Å². The Hall–Kier alpha value is -1.48. The zero-order chi connectivity index (χ0) is 14.8. The maximum absolute atomic E-state index is 6.27. The van der Waals surface area contributed by atoms with Gasteiger partial charge in [0.1, 0.15) is 5.75 Å². The number of pyridine rings is 1. The second-order valence-electron chi connectivity index (χ2n) is 5.69. The van der Waals surface area contributed by atoms with E-state index in [9.17, 15) is 0 Å². The molecule has 1 aromatic carbocycles. The van der Waals surface area contributed by atoms with Gasteiger partial charge >= 0.3 is 0 Å². The lowest BCUT2D eigenvalue weighted by atomic mass is 10.1. The summed E-state index contributed by atoms with van der Waals surface area (Å²) >= 11 is 6.27. The van der Waals surface area contributed by atoms with E-state index < -0.39 is 0 Å². The monoisotopic (exact) mass is 305 g/mol. The quantitative estimate of drug-likeness (QED) is 0.809. The van der Waals surface area contributed by atoms with Gasteiger partial charge in [0.15, 0.2) is 0 Å². The van der Waals surface area contributed by atoms with Crippen LogP contribution in [0.25, 0.3) is 10.9 Å². The van der Waals surface area contributed by atoms with Gasteiger partial charge in [-0.25, -0.2) is 4.98 Å². The fraction of sp³-hybridized carbons (Fsp3) is 0.471. The van der Waals surface area contributed by atoms with Gasteiger partial charge in [0.05, 0.1) is 23.3 Å². The molecule has 0 unspecified atom stereocenters. The Kier molecular flexibility index (Phi) is 4.20. The molecule has 0 amide bonds. The third kappa shape index (κ3) is 3.08. The molecule has 2 aromatic rings. The second kappa shape index (κ2) is 6.10. The molecule has 0 aliphatic heterocycles. The highest BCUT2D eigenvalue weighted by Gasteiger charge is 2.24. The number of rotatable bonds is 4. The molecule has 3 rings (SSSR count).